The van der Waals surface area contributed by atoms with Crippen LogP contribution in [0.4, 0.5) is 8.78 Å². The molecule has 0 fully saturated rings. The maximum atomic E-state index is 13.9. The summed E-state index contributed by atoms with van der Waals surface area (Å²) in [5.41, 5.74) is 3.65. The number of rotatable bonds is 6. The number of pyridine rings is 1. The Labute approximate surface area is 190 Å². The summed E-state index contributed by atoms with van der Waals surface area (Å²) >= 11 is 0.758. The van der Waals surface area contributed by atoms with Crippen LogP contribution in [0.1, 0.15) is 54.1 Å². The van der Waals surface area contributed by atoms with E-state index >= 15 is 0 Å². The van der Waals surface area contributed by atoms with Crippen molar-refractivity contribution in [3.8, 4) is 0 Å². The summed E-state index contributed by atoms with van der Waals surface area (Å²) in [7, 11) is 0. The van der Waals surface area contributed by atoms with Gasteiger partial charge in [-0.1, -0.05) is 61.5 Å². The van der Waals surface area contributed by atoms with E-state index in [9.17, 15) is 13.9 Å². The van der Waals surface area contributed by atoms with E-state index in [0.717, 1.165) is 33.6 Å². The maximum Gasteiger partial charge on any atom is 0.215 e. The van der Waals surface area contributed by atoms with Crippen LogP contribution in [-0.2, 0) is 5.60 Å². The molecule has 2 nitrogen and oxygen atoms in total. The molecule has 4 aromatic rings. The molecule has 0 amide bonds. The van der Waals surface area contributed by atoms with E-state index in [1.165, 1.54) is 0 Å². The molecule has 1 radical (unpaired) electrons. The molecule has 0 spiro atoms. The molecule has 0 aliphatic rings. The van der Waals surface area contributed by atoms with Gasteiger partial charge >= 0.3 is 0 Å². The average molecular weight is 449 g/mol. The molecule has 5 heteroatoms. The minimum absolute atomic E-state index is 0.0309. The van der Waals surface area contributed by atoms with Crippen LogP contribution in [0.5, 0.6) is 0 Å². The molecular formula is C27H24F2NOS. The monoisotopic (exact) mass is 448 g/mol. The predicted molar refractivity (Wildman–Crippen MR) is 128 cm³/mol. The largest absolute Gasteiger partial charge is 0.386 e. The van der Waals surface area contributed by atoms with Crippen molar-refractivity contribution < 1.29 is 13.9 Å². The first-order valence-electron chi connectivity index (χ1n) is 10.4. The van der Waals surface area contributed by atoms with Crippen LogP contribution in [0.15, 0.2) is 60.7 Å². The Bertz CT molecular complexity index is 1290. The van der Waals surface area contributed by atoms with Gasteiger partial charge in [0.1, 0.15) is 5.52 Å². The number of hydrogen-bond donors (Lipinski definition) is 1. The summed E-state index contributed by atoms with van der Waals surface area (Å²) in [5, 5.41) is 9.79. The van der Waals surface area contributed by atoms with Gasteiger partial charge in [0.15, 0.2) is 5.82 Å². The molecule has 2 aromatic heterocycles. The van der Waals surface area contributed by atoms with Crippen molar-refractivity contribution in [2.24, 2.45) is 0 Å². The number of aliphatic hydroxyl groups is 1. The lowest BCUT2D eigenvalue weighted by Gasteiger charge is -2.26. The van der Waals surface area contributed by atoms with Crippen molar-refractivity contribution in [3.05, 3.63) is 106 Å². The number of nitrogens with zero attached hydrogens (tertiary/aromatic N) is 1. The Hall–Kier alpha value is -2.89. The van der Waals surface area contributed by atoms with Crippen LogP contribution in [0.25, 0.3) is 22.4 Å². The van der Waals surface area contributed by atoms with Crippen LogP contribution in [0.2, 0.25) is 0 Å². The van der Waals surface area contributed by atoms with Crippen molar-refractivity contribution in [1.82, 2.24) is 4.98 Å². The van der Waals surface area contributed by atoms with Gasteiger partial charge in [0.05, 0.1) is 16.0 Å². The molecule has 1 N–H and O–H groups in total. The summed E-state index contributed by atoms with van der Waals surface area (Å²) in [5.74, 6) is -0.866. The quantitative estimate of drug-likeness (QED) is 0.335. The number of aromatic nitrogens is 1. The van der Waals surface area contributed by atoms with Crippen molar-refractivity contribution in [2.75, 3.05) is 0 Å². The first-order chi connectivity index (χ1) is 15.3. The van der Waals surface area contributed by atoms with E-state index in [1.54, 1.807) is 32.1 Å². The van der Waals surface area contributed by atoms with Crippen LogP contribution in [0.3, 0.4) is 0 Å². The molecule has 0 aliphatic heterocycles. The molecule has 2 heterocycles. The number of fused-ring (bicyclic) bond motifs is 1. The highest BCUT2D eigenvalue weighted by atomic mass is 32.1. The highest BCUT2D eigenvalue weighted by Crippen LogP contribution is 2.35. The zero-order valence-electron chi connectivity index (χ0n) is 18.0. The maximum absolute atomic E-state index is 13.9. The minimum Gasteiger partial charge on any atom is -0.386 e. The predicted octanol–water partition coefficient (Wildman–Crippen LogP) is 7.33. The molecule has 1 unspecified atom stereocenters. The molecule has 4 rings (SSSR count). The van der Waals surface area contributed by atoms with Crippen molar-refractivity contribution >= 4 is 33.7 Å². The van der Waals surface area contributed by atoms with Crippen LogP contribution < -0.4 is 0 Å². The highest BCUT2D eigenvalue weighted by Gasteiger charge is 2.24. The Morgan fingerprint density at radius 3 is 2.59 bits per heavy atom. The van der Waals surface area contributed by atoms with Gasteiger partial charge in [-0.2, -0.15) is 4.39 Å². The van der Waals surface area contributed by atoms with Gasteiger partial charge in [-0.25, -0.2) is 9.37 Å². The van der Waals surface area contributed by atoms with Crippen LogP contribution in [-0.4, -0.2) is 10.1 Å². The van der Waals surface area contributed by atoms with E-state index in [1.807, 2.05) is 42.5 Å². The second-order valence-electron chi connectivity index (χ2n) is 8.26. The molecule has 2 aromatic carbocycles. The van der Waals surface area contributed by atoms with Gasteiger partial charge in [0.25, 0.3) is 0 Å². The van der Waals surface area contributed by atoms with E-state index < -0.39 is 16.5 Å². The summed E-state index contributed by atoms with van der Waals surface area (Å²) in [6.07, 6.45) is 4.33. The third-order valence-corrected chi connectivity index (χ3v) is 6.41. The molecule has 32 heavy (non-hydrogen) atoms. The highest BCUT2D eigenvalue weighted by molar-refractivity contribution is 7.17. The van der Waals surface area contributed by atoms with E-state index in [4.69, 9.17) is 0 Å². The first-order valence-corrected chi connectivity index (χ1v) is 11.2. The molecule has 0 saturated heterocycles. The van der Waals surface area contributed by atoms with Gasteiger partial charge in [-0.15, -0.1) is 11.3 Å². The summed E-state index contributed by atoms with van der Waals surface area (Å²) in [6.45, 7) is 7.73. The number of halogens is 2. The van der Waals surface area contributed by atoms with Crippen LogP contribution in [0, 0.1) is 17.9 Å². The summed E-state index contributed by atoms with van der Waals surface area (Å²) in [4.78, 5) is 4.24. The SMILES string of the molecule is [CH2]CC(c1cccc(/C=C/c2ccc3sc(F)c(F)c3n2)c1)c1ccccc1C(C)(C)O. The fraction of sp³-hybridized carbons (Fsp3) is 0.185. The van der Waals surface area contributed by atoms with Gasteiger partial charge in [0, 0.05) is 5.92 Å². The van der Waals surface area contributed by atoms with Crippen molar-refractivity contribution in [2.45, 2.75) is 31.8 Å². The third kappa shape index (κ3) is 4.50. The number of benzene rings is 2. The summed E-state index contributed by atoms with van der Waals surface area (Å²) in [6, 6.07) is 19.4. The smallest absolute Gasteiger partial charge is 0.215 e. The molecular weight excluding hydrogens is 424 g/mol. The van der Waals surface area contributed by atoms with Gasteiger partial charge in [-0.3, -0.25) is 0 Å². The number of thiophene rings is 1. The van der Waals surface area contributed by atoms with Gasteiger partial charge in [-0.05, 0) is 60.7 Å². The molecule has 0 aliphatic carbocycles. The number of hydrogen-bond acceptors (Lipinski definition) is 3. The van der Waals surface area contributed by atoms with Crippen molar-refractivity contribution in [1.29, 1.82) is 0 Å². The Kier molecular flexibility index (Phi) is 6.22. The Morgan fingerprint density at radius 2 is 1.84 bits per heavy atom. The normalized spacial score (nSPS) is 13.2. The molecule has 0 bridgehead atoms. The van der Waals surface area contributed by atoms with Gasteiger partial charge in [0.2, 0.25) is 5.13 Å². The van der Waals surface area contributed by atoms with E-state index in [-0.39, 0.29) is 11.4 Å². The second kappa shape index (κ2) is 8.93. The lowest BCUT2D eigenvalue weighted by molar-refractivity contribution is 0.0774. The van der Waals surface area contributed by atoms with Gasteiger partial charge < -0.3 is 5.11 Å². The fourth-order valence-electron chi connectivity index (χ4n) is 3.95. The lowest BCUT2D eigenvalue weighted by atomic mass is 9.81. The Balaban J connectivity index is 1.66. The lowest BCUT2D eigenvalue weighted by Crippen LogP contribution is -2.19. The third-order valence-electron chi connectivity index (χ3n) is 5.50. The topological polar surface area (TPSA) is 33.1 Å². The first kappa shape index (κ1) is 22.3. The fourth-order valence-corrected chi connectivity index (χ4v) is 4.70. The molecule has 1 atom stereocenters. The Morgan fingerprint density at radius 1 is 1.06 bits per heavy atom. The average Bonchev–Trinajstić information content (AvgIpc) is 3.06. The second-order valence-corrected chi connectivity index (χ2v) is 9.27. The molecule has 163 valence electrons. The molecule has 0 saturated carbocycles. The van der Waals surface area contributed by atoms with E-state index in [2.05, 4.69) is 24.0 Å². The van der Waals surface area contributed by atoms with Crippen LogP contribution >= 0.6 is 11.3 Å². The zero-order valence-corrected chi connectivity index (χ0v) is 18.8. The van der Waals surface area contributed by atoms with Crippen molar-refractivity contribution in [3.63, 3.8) is 0 Å². The zero-order chi connectivity index (χ0) is 22.9. The standard InChI is InChI=1S/C27H24F2NOS/c1-4-20(21-10-5-6-11-22(21)27(2,3)31)18-9-7-8-17(16-18)12-13-19-14-15-23-25(30-19)24(28)26(29)32-23/h5-16,20,31H,1,4H2,2-3H3/b13-12+. The minimum atomic E-state index is -0.956. The van der Waals surface area contributed by atoms with E-state index in [0.29, 0.717) is 16.8 Å². The summed E-state index contributed by atoms with van der Waals surface area (Å²) < 4.78 is 27.9.